The SMILES string of the molecule is CCNCc1cc(C)nc(CCC(C)(C)C)n1. The predicted molar refractivity (Wildman–Crippen MR) is 71.9 cm³/mol. The fraction of sp³-hybridized carbons (Fsp3) is 0.714. The first-order valence-electron chi connectivity index (χ1n) is 6.45. The van der Waals surface area contributed by atoms with Crippen molar-refractivity contribution in [1.82, 2.24) is 15.3 Å². The zero-order valence-corrected chi connectivity index (χ0v) is 11.8. The lowest BCUT2D eigenvalue weighted by Crippen LogP contribution is -2.15. The van der Waals surface area contributed by atoms with Crippen LogP contribution in [0.5, 0.6) is 0 Å². The van der Waals surface area contributed by atoms with Gasteiger partial charge in [0.25, 0.3) is 0 Å². The maximum Gasteiger partial charge on any atom is 0.128 e. The molecule has 0 aromatic carbocycles. The van der Waals surface area contributed by atoms with Crippen molar-refractivity contribution in [3.63, 3.8) is 0 Å². The Bertz CT molecular complexity index is 353. The van der Waals surface area contributed by atoms with Crippen molar-refractivity contribution in [1.29, 1.82) is 0 Å². The van der Waals surface area contributed by atoms with Crippen LogP contribution in [0.2, 0.25) is 0 Å². The van der Waals surface area contributed by atoms with E-state index in [9.17, 15) is 0 Å². The maximum absolute atomic E-state index is 4.60. The van der Waals surface area contributed by atoms with Crippen LogP contribution >= 0.6 is 0 Å². The topological polar surface area (TPSA) is 37.8 Å². The highest BCUT2D eigenvalue weighted by molar-refractivity contribution is 5.10. The summed E-state index contributed by atoms with van der Waals surface area (Å²) in [4.78, 5) is 9.11. The minimum absolute atomic E-state index is 0.342. The van der Waals surface area contributed by atoms with Crippen molar-refractivity contribution in [3.8, 4) is 0 Å². The summed E-state index contributed by atoms with van der Waals surface area (Å²) in [6.45, 7) is 12.7. The van der Waals surface area contributed by atoms with E-state index in [-0.39, 0.29) is 0 Å². The average Bonchev–Trinajstić information content (AvgIpc) is 2.22. The number of rotatable bonds is 5. The molecule has 0 aliphatic carbocycles. The van der Waals surface area contributed by atoms with Crippen molar-refractivity contribution < 1.29 is 0 Å². The molecule has 0 bridgehead atoms. The fourth-order valence-electron chi connectivity index (χ4n) is 1.64. The van der Waals surface area contributed by atoms with E-state index in [4.69, 9.17) is 0 Å². The van der Waals surface area contributed by atoms with Crippen molar-refractivity contribution in [2.75, 3.05) is 6.54 Å². The fourth-order valence-corrected chi connectivity index (χ4v) is 1.64. The Balaban J connectivity index is 2.68. The molecule has 0 radical (unpaired) electrons. The van der Waals surface area contributed by atoms with Gasteiger partial charge in [-0.3, -0.25) is 0 Å². The third kappa shape index (κ3) is 5.78. The maximum atomic E-state index is 4.60. The minimum atomic E-state index is 0.342. The molecule has 0 aliphatic heterocycles. The van der Waals surface area contributed by atoms with Crippen LogP contribution in [0.1, 0.15) is 51.3 Å². The third-order valence-electron chi connectivity index (χ3n) is 2.61. The molecule has 0 aliphatic rings. The highest BCUT2D eigenvalue weighted by Crippen LogP contribution is 2.20. The van der Waals surface area contributed by atoms with E-state index in [0.29, 0.717) is 5.41 Å². The lowest BCUT2D eigenvalue weighted by molar-refractivity contribution is 0.374. The number of nitrogens with one attached hydrogen (secondary N) is 1. The first-order valence-corrected chi connectivity index (χ1v) is 6.45. The normalized spacial score (nSPS) is 11.8. The Kier molecular flexibility index (Phi) is 5.06. The zero-order chi connectivity index (χ0) is 12.9. The summed E-state index contributed by atoms with van der Waals surface area (Å²) in [5, 5.41) is 3.30. The second-order valence-corrected chi connectivity index (χ2v) is 5.76. The second-order valence-electron chi connectivity index (χ2n) is 5.76. The zero-order valence-electron chi connectivity index (χ0n) is 11.8. The van der Waals surface area contributed by atoms with E-state index in [0.717, 1.165) is 43.1 Å². The van der Waals surface area contributed by atoms with Crippen LogP contribution in [0.4, 0.5) is 0 Å². The number of nitrogens with zero attached hydrogens (tertiary/aromatic N) is 2. The number of aryl methyl sites for hydroxylation is 2. The molecule has 1 rings (SSSR count). The molecule has 0 fully saturated rings. The summed E-state index contributed by atoms with van der Waals surface area (Å²) in [6, 6.07) is 2.06. The van der Waals surface area contributed by atoms with Crippen LogP contribution < -0.4 is 5.32 Å². The second kappa shape index (κ2) is 6.10. The standard InChI is InChI=1S/C14H25N3/c1-6-15-10-12-9-11(2)16-13(17-12)7-8-14(3,4)5/h9,15H,6-8,10H2,1-5H3. The van der Waals surface area contributed by atoms with Gasteiger partial charge in [0.05, 0.1) is 5.69 Å². The van der Waals surface area contributed by atoms with Gasteiger partial charge in [0.1, 0.15) is 5.82 Å². The van der Waals surface area contributed by atoms with Gasteiger partial charge in [-0.05, 0) is 31.4 Å². The lowest BCUT2D eigenvalue weighted by atomic mass is 9.90. The predicted octanol–water partition coefficient (Wildman–Crippen LogP) is 2.87. The molecule has 96 valence electrons. The highest BCUT2D eigenvalue weighted by Gasteiger charge is 2.11. The first-order chi connectivity index (χ1) is 7.90. The van der Waals surface area contributed by atoms with Crippen molar-refractivity contribution in [3.05, 3.63) is 23.3 Å². The monoisotopic (exact) mass is 235 g/mol. The Morgan fingerprint density at radius 3 is 2.53 bits per heavy atom. The van der Waals surface area contributed by atoms with Gasteiger partial charge in [-0.15, -0.1) is 0 Å². The molecule has 0 unspecified atom stereocenters. The summed E-state index contributed by atoms with van der Waals surface area (Å²) in [5.74, 6) is 0.979. The van der Waals surface area contributed by atoms with Gasteiger partial charge in [-0.25, -0.2) is 9.97 Å². The van der Waals surface area contributed by atoms with Gasteiger partial charge >= 0.3 is 0 Å². The van der Waals surface area contributed by atoms with Crippen LogP contribution in [-0.4, -0.2) is 16.5 Å². The van der Waals surface area contributed by atoms with Crippen molar-refractivity contribution >= 4 is 0 Å². The van der Waals surface area contributed by atoms with Crippen LogP contribution in [0.3, 0.4) is 0 Å². The van der Waals surface area contributed by atoms with E-state index in [2.05, 4.69) is 49.0 Å². The summed E-state index contributed by atoms with van der Waals surface area (Å²) < 4.78 is 0. The van der Waals surface area contributed by atoms with Gasteiger partial charge in [-0.1, -0.05) is 27.7 Å². The summed E-state index contributed by atoms with van der Waals surface area (Å²) in [6.07, 6.45) is 2.08. The minimum Gasteiger partial charge on any atom is -0.311 e. The molecule has 0 spiro atoms. The van der Waals surface area contributed by atoms with E-state index < -0.39 is 0 Å². The highest BCUT2D eigenvalue weighted by atomic mass is 14.9. The van der Waals surface area contributed by atoms with Gasteiger partial charge in [0.2, 0.25) is 0 Å². The summed E-state index contributed by atoms with van der Waals surface area (Å²) in [5.41, 5.74) is 2.51. The molecule has 17 heavy (non-hydrogen) atoms. The van der Waals surface area contributed by atoms with E-state index >= 15 is 0 Å². The average molecular weight is 235 g/mol. The molecule has 3 nitrogen and oxygen atoms in total. The van der Waals surface area contributed by atoms with Gasteiger partial charge in [-0.2, -0.15) is 0 Å². The molecular formula is C14H25N3. The Morgan fingerprint density at radius 2 is 1.94 bits per heavy atom. The summed E-state index contributed by atoms with van der Waals surface area (Å²) in [7, 11) is 0. The first kappa shape index (κ1) is 14.1. The molecule has 0 amide bonds. The Labute approximate surface area is 105 Å². The van der Waals surface area contributed by atoms with E-state index in [1.165, 1.54) is 0 Å². The van der Waals surface area contributed by atoms with E-state index in [1.54, 1.807) is 0 Å². The largest absolute Gasteiger partial charge is 0.311 e. The molecule has 3 heteroatoms. The lowest BCUT2D eigenvalue weighted by Gasteiger charge is -2.17. The Morgan fingerprint density at radius 1 is 1.24 bits per heavy atom. The molecular weight excluding hydrogens is 210 g/mol. The van der Waals surface area contributed by atoms with Crippen LogP contribution in [0, 0.1) is 12.3 Å². The molecule has 0 saturated heterocycles. The summed E-state index contributed by atoms with van der Waals surface area (Å²) >= 11 is 0. The molecule has 0 saturated carbocycles. The van der Waals surface area contributed by atoms with Crippen LogP contribution in [0.25, 0.3) is 0 Å². The molecule has 0 atom stereocenters. The molecule has 1 N–H and O–H groups in total. The van der Waals surface area contributed by atoms with Gasteiger partial charge in [0.15, 0.2) is 0 Å². The van der Waals surface area contributed by atoms with Gasteiger partial charge < -0.3 is 5.32 Å². The smallest absolute Gasteiger partial charge is 0.128 e. The van der Waals surface area contributed by atoms with E-state index in [1.807, 2.05) is 6.92 Å². The number of aromatic nitrogens is 2. The Hall–Kier alpha value is -0.960. The van der Waals surface area contributed by atoms with Crippen LogP contribution in [0.15, 0.2) is 6.07 Å². The third-order valence-corrected chi connectivity index (χ3v) is 2.61. The number of hydrogen-bond donors (Lipinski definition) is 1. The quantitative estimate of drug-likeness (QED) is 0.852. The van der Waals surface area contributed by atoms with Crippen molar-refractivity contribution in [2.24, 2.45) is 5.41 Å². The molecule has 1 aromatic rings. The molecule has 1 aromatic heterocycles. The number of hydrogen-bond acceptors (Lipinski definition) is 3. The van der Waals surface area contributed by atoms with Crippen molar-refractivity contribution in [2.45, 2.75) is 54.0 Å². The van der Waals surface area contributed by atoms with Gasteiger partial charge in [0, 0.05) is 18.7 Å². The molecule has 1 heterocycles. The van der Waals surface area contributed by atoms with Crippen LogP contribution in [-0.2, 0) is 13.0 Å².